The first-order valence-corrected chi connectivity index (χ1v) is 9.96. The third-order valence-corrected chi connectivity index (χ3v) is 6.33. The molecule has 1 unspecified atom stereocenters. The van der Waals surface area contributed by atoms with Gasteiger partial charge >= 0.3 is 0 Å². The van der Waals surface area contributed by atoms with E-state index in [1.54, 1.807) is 33.3 Å². The molecule has 0 radical (unpaired) electrons. The zero-order valence-electron chi connectivity index (χ0n) is 15.3. The second kappa shape index (κ2) is 7.67. The number of amides is 1. The van der Waals surface area contributed by atoms with Crippen LogP contribution in [-0.4, -0.2) is 41.5 Å². The lowest BCUT2D eigenvalue weighted by Gasteiger charge is -2.16. The summed E-state index contributed by atoms with van der Waals surface area (Å²) in [5.74, 6) is -0.215. The van der Waals surface area contributed by atoms with Gasteiger partial charge in [-0.25, -0.2) is 4.98 Å². The van der Waals surface area contributed by atoms with Crippen molar-refractivity contribution in [3.05, 3.63) is 41.6 Å². The summed E-state index contributed by atoms with van der Waals surface area (Å²) in [5.41, 5.74) is 2.45. The van der Waals surface area contributed by atoms with Crippen LogP contribution in [-0.2, 0) is 22.4 Å². The molecule has 0 aliphatic carbocycles. The molecule has 3 rings (SSSR count). The largest absolute Gasteiger partial charge is 0.768 e. The van der Waals surface area contributed by atoms with E-state index >= 15 is 0 Å². The predicted octanol–water partition coefficient (Wildman–Crippen LogP) is 2.23. The molecule has 3 heterocycles. The van der Waals surface area contributed by atoms with Crippen LogP contribution in [0, 0.1) is 20.8 Å². The van der Waals surface area contributed by atoms with Crippen molar-refractivity contribution < 1.29 is 13.6 Å². The molecule has 142 valence electrons. The Bertz CT molecular complexity index is 1010. The molecule has 0 saturated heterocycles. The van der Waals surface area contributed by atoms with E-state index in [9.17, 15) is 13.6 Å². The van der Waals surface area contributed by atoms with Crippen LogP contribution in [0.15, 0.2) is 29.4 Å². The molecular formula is C17H18N5O3S2-. The Balaban J connectivity index is 1.84. The fourth-order valence-electron chi connectivity index (χ4n) is 2.74. The number of carbonyl (C=O) groups excluding carboxylic acids is 1. The molecule has 0 bridgehead atoms. The van der Waals surface area contributed by atoms with Crippen LogP contribution < -0.4 is 4.90 Å². The van der Waals surface area contributed by atoms with Crippen molar-refractivity contribution in [2.45, 2.75) is 32.2 Å². The topological polar surface area (TPSA) is 104 Å². The van der Waals surface area contributed by atoms with Crippen LogP contribution in [0.1, 0.15) is 17.1 Å². The first-order valence-electron chi connectivity index (χ1n) is 8.07. The van der Waals surface area contributed by atoms with Gasteiger partial charge in [0.25, 0.3) is 0 Å². The summed E-state index contributed by atoms with van der Waals surface area (Å²) in [7, 11) is 1.67. The summed E-state index contributed by atoms with van der Waals surface area (Å²) in [6.07, 6.45) is 3.42. The molecule has 1 amide bonds. The Morgan fingerprint density at radius 3 is 2.67 bits per heavy atom. The molecule has 0 N–H and O–H groups in total. The second-order valence-electron chi connectivity index (χ2n) is 6.00. The highest BCUT2D eigenvalue weighted by molar-refractivity contribution is 7.79. The SMILES string of the molecule is Cc1nc(-c2cccnc2)sc1N(C)C(=O)Cn1nc(C)c(S(=O)[O-])c1C. The highest BCUT2D eigenvalue weighted by atomic mass is 32.2. The molecule has 0 fully saturated rings. The lowest BCUT2D eigenvalue weighted by molar-refractivity contribution is -0.119. The van der Waals surface area contributed by atoms with Crippen molar-refractivity contribution in [1.82, 2.24) is 19.7 Å². The molecule has 3 aromatic rings. The molecule has 10 heteroatoms. The third kappa shape index (κ3) is 3.82. The van der Waals surface area contributed by atoms with Gasteiger partial charge in [0.1, 0.15) is 16.6 Å². The zero-order valence-corrected chi connectivity index (χ0v) is 16.9. The van der Waals surface area contributed by atoms with Crippen molar-refractivity contribution in [3.63, 3.8) is 0 Å². The van der Waals surface area contributed by atoms with Gasteiger partial charge in [-0.05, 0) is 44.0 Å². The van der Waals surface area contributed by atoms with Crippen molar-refractivity contribution in [3.8, 4) is 10.6 Å². The average molecular weight is 404 g/mol. The maximum Gasteiger partial charge on any atom is 0.249 e. The van der Waals surface area contributed by atoms with Crippen molar-refractivity contribution >= 4 is 33.3 Å². The predicted molar refractivity (Wildman–Crippen MR) is 102 cm³/mol. The smallest absolute Gasteiger partial charge is 0.249 e. The molecule has 0 spiro atoms. The second-order valence-corrected chi connectivity index (χ2v) is 7.85. The molecule has 3 aromatic heterocycles. The number of likely N-dealkylation sites (N-methyl/N-ethyl adjacent to an activating group) is 1. The number of nitrogens with zero attached hydrogens (tertiary/aromatic N) is 5. The minimum absolute atomic E-state index is 0.0556. The number of aromatic nitrogens is 4. The lowest BCUT2D eigenvalue weighted by atomic mass is 10.3. The molecule has 27 heavy (non-hydrogen) atoms. The lowest BCUT2D eigenvalue weighted by Crippen LogP contribution is -2.30. The monoisotopic (exact) mass is 404 g/mol. The summed E-state index contributed by atoms with van der Waals surface area (Å²) in [6, 6.07) is 3.75. The van der Waals surface area contributed by atoms with Crippen LogP contribution in [0.5, 0.6) is 0 Å². The molecule has 0 aliphatic heterocycles. The Kier molecular flexibility index (Phi) is 5.49. The quantitative estimate of drug-likeness (QED) is 0.604. The minimum Gasteiger partial charge on any atom is -0.768 e. The van der Waals surface area contributed by atoms with Crippen LogP contribution in [0.25, 0.3) is 10.6 Å². The maximum atomic E-state index is 12.7. The van der Waals surface area contributed by atoms with E-state index in [4.69, 9.17) is 0 Å². The number of aryl methyl sites for hydroxylation is 2. The fraction of sp³-hybridized carbons (Fsp3) is 0.294. The van der Waals surface area contributed by atoms with E-state index in [1.807, 2.05) is 19.1 Å². The standard InChI is InChI=1S/C17H19N5O3S2/c1-10-15(27(24)25)12(3)22(20-10)9-14(23)21(4)17-11(2)19-16(26-17)13-6-5-7-18-8-13/h5-8H,9H2,1-4H3,(H,24,25)/p-1. The molecule has 0 aromatic carbocycles. The Morgan fingerprint density at radius 1 is 1.33 bits per heavy atom. The Morgan fingerprint density at radius 2 is 2.07 bits per heavy atom. The van der Waals surface area contributed by atoms with E-state index in [1.165, 1.54) is 20.9 Å². The van der Waals surface area contributed by atoms with Crippen molar-refractivity contribution in [2.75, 3.05) is 11.9 Å². The van der Waals surface area contributed by atoms with Crippen LogP contribution in [0.4, 0.5) is 5.00 Å². The molecule has 8 nitrogen and oxygen atoms in total. The summed E-state index contributed by atoms with van der Waals surface area (Å²) in [5, 5.41) is 5.69. The van der Waals surface area contributed by atoms with E-state index in [2.05, 4.69) is 15.1 Å². The van der Waals surface area contributed by atoms with Gasteiger partial charge in [-0.3, -0.25) is 18.7 Å². The number of pyridine rings is 1. The Labute approximate surface area is 163 Å². The summed E-state index contributed by atoms with van der Waals surface area (Å²) in [4.78, 5) is 23.0. The summed E-state index contributed by atoms with van der Waals surface area (Å²) in [6.45, 7) is 5.03. The fourth-order valence-corrected chi connectivity index (χ4v) is 4.40. The number of anilines is 1. The molecule has 0 aliphatic rings. The molecular weight excluding hydrogens is 386 g/mol. The van der Waals surface area contributed by atoms with Gasteiger partial charge in [-0.2, -0.15) is 5.10 Å². The maximum absolute atomic E-state index is 12.7. The van der Waals surface area contributed by atoms with Gasteiger partial charge < -0.3 is 9.45 Å². The highest BCUT2D eigenvalue weighted by Crippen LogP contribution is 2.33. The van der Waals surface area contributed by atoms with Crippen molar-refractivity contribution in [1.29, 1.82) is 0 Å². The number of rotatable bonds is 5. The Hall–Kier alpha value is -2.43. The van der Waals surface area contributed by atoms with Gasteiger partial charge in [0.05, 0.1) is 22.0 Å². The van der Waals surface area contributed by atoms with E-state index in [0.29, 0.717) is 11.4 Å². The van der Waals surface area contributed by atoms with Gasteiger partial charge in [0.15, 0.2) is 0 Å². The van der Waals surface area contributed by atoms with Crippen LogP contribution >= 0.6 is 11.3 Å². The normalized spacial score (nSPS) is 12.2. The third-order valence-electron chi connectivity index (χ3n) is 4.13. The van der Waals surface area contributed by atoms with E-state index in [-0.39, 0.29) is 17.3 Å². The molecule has 1 atom stereocenters. The minimum atomic E-state index is -2.39. The summed E-state index contributed by atoms with van der Waals surface area (Å²) < 4.78 is 24.1. The van der Waals surface area contributed by atoms with Crippen molar-refractivity contribution in [2.24, 2.45) is 0 Å². The van der Waals surface area contributed by atoms with Gasteiger partial charge in [0.2, 0.25) is 5.91 Å². The zero-order chi connectivity index (χ0) is 19.7. The van der Waals surface area contributed by atoms with Gasteiger partial charge in [0, 0.05) is 25.0 Å². The first-order chi connectivity index (χ1) is 12.8. The van der Waals surface area contributed by atoms with Crippen LogP contribution in [0.3, 0.4) is 0 Å². The van der Waals surface area contributed by atoms with Gasteiger partial charge in [-0.1, -0.05) is 11.3 Å². The average Bonchev–Trinajstić information content (AvgIpc) is 3.14. The van der Waals surface area contributed by atoms with Gasteiger partial charge in [-0.15, -0.1) is 0 Å². The van der Waals surface area contributed by atoms with E-state index < -0.39 is 11.1 Å². The molecule has 0 saturated carbocycles. The highest BCUT2D eigenvalue weighted by Gasteiger charge is 2.21. The van der Waals surface area contributed by atoms with Crippen LogP contribution in [0.2, 0.25) is 0 Å². The number of thiazole rings is 1. The number of hydrogen-bond acceptors (Lipinski definition) is 7. The number of carbonyl (C=O) groups is 1. The first kappa shape index (κ1) is 19.3. The van der Waals surface area contributed by atoms with E-state index in [0.717, 1.165) is 21.3 Å². The number of hydrogen-bond donors (Lipinski definition) is 0. The summed E-state index contributed by atoms with van der Waals surface area (Å²) >= 11 is -0.984.